The van der Waals surface area contributed by atoms with Gasteiger partial charge in [-0.25, -0.2) is 9.59 Å². The molecule has 386 valence electrons. The van der Waals surface area contributed by atoms with Crippen molar-refractivity contribution in [2.24, 2.45) is 5.92 Å². The zero-order valence-corrected chi connectivity index (χ0v) is 46.3. The number of aryl methyl sites for hydroxylation is 2. The van der Waals surface area contributed by atoms with E-state index in [-0.39, 0.29) is 42.4 Å². The summed E-state index contributed by atoms with van der Waals surface area (Å²) < 4.78 is 15.5. The van der Waals surface area contributed by atoms with Gasteiger partial charge in [-0.3, -0.25) is 25.1 Å². The van der Waals surface area contributed by atoms with E-state index < -0.39 is 12.2 Å². The van der Waals surface area contributed by atoms with Gasteiger partial charge in [-0.1, -0.05) is 103 Å². The van der Waals surface area contributed by atoms with Gasteiger partial charge in [0, 0.05) is 58.9 Å². The maximum Gasteiger partial charge on any atom is 0.417 e. The molecule has 1 heterocycles. The molecule has 4 aromatic rings. The SMILES string of the molecule is CC(C)N(C(=O)SC/C(Cl)=C/Cl)C(C)C.CCOC(=O)Nc1cccc(OC(=O)Nc2ccccc2)c1.CNc1nc(NC(C)C)nc(SC)n1.Cc1cccc(C)c1N(COCC(C)C)C(=O)CCl. The maximum atomic E-state index is 12.0. The Bertz CT molecular complexity index is 2180. The topological polar surface area (TPSA) is 189 Å². The number of amides is 4. The Morgan fingerprint density at radius 3 is 1.91 bits per heavy atom. The number of aromatic nitrogens is 3. The number of rotatable bonds is 18. The second kappa shape index (κ2) is 35.2. The van der Waals surface area contributed by atoms with Crippen LogP contribution in [0.15, 0.2) is 88.5 Å². The second-order valence-electron chi connectivity index (χ2n) is 16.1. The zero-order chi connectivity index (χ0) is 52.8. The average Bonchev–Trinajstić information content (AvgIpc) is 3.30. The fourth-order valence-electron chi connectivity index (χ4n) is 5.78. The summed E-state index contributed by atoms with van der Waals surface area (Å²) in [7, 11) is 1.79. The number of ether oxygens (including phenoxy) is 3. The number of halogens is 3. The van der Waals surface area contributed by atoms with Crippen molar-refractivity contribution in [2.45, 2.75) is 99.4 Å². The van der Waals surface area contributed by atoms with E-state index in [0.29, 0.717) is 63.5 Å². The Morgan fingerprint density at radius 1 is 0.800 bits per heavy atom. The van der Waals surface area contributed by atoms with Gasteiger partial charge < -0.3 is 29.7 Å². The summed E-state index contributed by atoms with van der Waals surface area (Å²) in [5.74, 6) is 2.20. The molecule has 0 spiro atoms. The van der Waals surface area contributed by atoms with E-state index in [2.05, 4.69) is 50.1 Å². The summed E-state index contributed by atoms with van der Waals surface area (Å²) in [5, 5.41) is 12.4. The molecule has 0 aliphatic rings. The van der Waals surface area contributed by atoms with Gasteiger partial charge in [-0.15, -0.1) is 11.6 Å². The molecule has 0 atom stereocenters. The van der Waals surface area contributed by atoms with Gasteiger partial charge in [0.05, 0.1) is 18.9 Å². The number of thioether (sulfide) groups is 2. The van der Waals surface area contributed by atoms with Gasteiger partial charge in [0.2, 0.25) is 17.8 Å². The van der Waals surface area contributed by atoms with E-state index >= 15 is 0 Å². The van der Waals surface area contributed by atoms with E-state index in [1.807, 2.05) is 90.8 Å². The molecule has 4 amide bonds. The van der Waals surface area contributed by atoms with Crippen molar-refractivity contribution in [1.29, 1.82) is 0 Å². The number of carbonyl (C=O) groups is 4. The highest BCUT2D eigenvalue weighted by molar-refractivity contribution is 8.13. The zero-order valence-electron chi connectivity index (χ0n) is 42.4. The predicted octanol–water partition coefficient (Wildman–Crippen LogP) is 13.1. The van der Waals surface area contributed by atoms with Crippen molar-refractivity contribution in [1.82, 2.24) is 19.9 Å². The monoisotopic (exact) mass is 1070 g/mol. The van der Waals surface area contributed by atoms with Gasteiger partial charge >= 0.3 is 12.2 Å². The Hall–Kier alpha value is -4.98. The first-order chi connectivity index (χ1) is 33.2. The smallest absolute Gasteiger partial charge is 0.417 e. The van der Waals surface area contributed by atoms with Crippen LogP contribution in [0.25, 0.3) is 0 Å². The standard InChI is InChI=1S/C16H16N2O4.C15H22ClNO2.C10H17Cl2NOS.C8H15N5S/c1-2-21-15(19)18-13-9-6-10-14(11-13)22-16(20)17-12-7-4-3-5-8-12;1-11(2)9-19-10-17(14(18)8-16)15-12(3)6-5-7-13(15)4;1-7(2)13(8(3)4)10(14)15-6-9(12)5-11;1-5(2)10-7-11-6(9-3)12-8(13-7)14-4/h3-11H,2H2,1H3,(H,17,20)(H,18,19);5-7,11H,8-10H2,1-4H3;5,7-8H,6H2,1-4H3;5H,1-4H3,(H2,9,10,11,12,13)/b;;9-5-;. The molecule has 0 aliphatic heterocycles. The molecule has 16 nitrogen and oxygen atoms in total. The molecule has 0 unspecified atom stereocenters. The summed E-state index contributed by atoms with van der Waals surface area (Å²) in [5.41, 5.74) is 5.39. The van der Waals surface area contributed by atoms with Crippen molar-refractivity contribution in [3.8, 4) is 5.75 Å². The van der Waals surface area contributed by atoms with Crippen LogP contribution in [-0.2, 0) is 14.3 Å². The maximum absolute atomic E-state index is 12.0. The third-order valence-corrected chi connectivity index (χ3v) is 11.1. The van der Waals surface area contributed by atoms with Crippen LogP contribution < -0.4 is 30.9 Å². The van der Waals surface area contributed by atoms with Gasteiger partial charge in [0.15, 0.2) is 5.16 Å². The Balaban J connectivity index is 0.000000475. The van der Waals surface area contributed by atoms with Crippen molar-refractivity contribution in [3.63, 3.8) is 0 Å². The van der Waals surface area contributed by atoms with Crippen LogP contribution >= 0.6 is 58.3 Å². The molecule has 70 heavy (non-hydrogen) atoms. The first-order valence-corrected chi connectivity index (χ1v) is 26.0. The van der Waals surface area contributed by atoms with Crippen LogP contribution in [-0.4, -0.2) is 106 Å². The van der Waals surface area contributed by atoms with Crippen LogP contribution in [0.5, 0.6) is 5.75 Å². The fourth-order valence-corrected chi connectivity index (χ4v) is 7.52. The third-order valence-electron chi connectivity index (χ3n) is 8.60. The predicted molar refractivity (Wildman–Crippen MR) is 293 cm³/mol. The molecule has 4 N–H and O–H groups in total. The molecule has 0 radical (unpaired) electrons. The van der Waals surface area contributed by atoms with Crippen LogP contribution in [0.1, 0.15) is 73.4 Å². The summed E-state index contributed by atoms with van der Waals surface area (Å²) in [6, 6.07) is 22.1. The molecule has 0 saturated heterocycles. The summed E-state index contributed by atoms with van der Waals surface area (Å²) >= 11 is 19.5. The summed E-state index contributed by atoms with van der Waals surface area (Å²) in [6.45, 7) is 23.1. The normalized spacial score (nSPS) is 10.7. The molecular weight excluding hydrogens is 997 g/mol. The van der Waals surface area contributed by atoms with Crippen molar-refractivity contribution >= 4 is 111 Å². The van der Waals surface area contributed by atoms with Gasteiger partial charge in [-0.2, -0.15) is 15.0 Å². The summed E-state index contributed by atoms with van der Waals surface area (Å²) in [6.07, 6.45) is 0.765. The molecule has 0 saturated carbocycles. The Morgan fingerprint density at radius 2 is 1.39 bits per heavy atom. The number of nitrogens with one attached hydrogen (secondary N) is 4. The highest BCUT2D eigenvalue weighted by atomic mass is 35.5. The van der Waals surface area contributed by atoms with Crippen LogP contribution in [0.4, 0.5) is 43.3 Å². The highest BCUT2D eigenvalue weighted by Gasteiger charge is 2.21. The van der Waals surface area contributed by atoms with Gasteiger partial charge in [0.25, 0.3) is 5.24 Å². The molecule has 1 aromatic heterocycles. The number of para-hydroxylation sites is 2. The van der Waals surface area contributed by atoms with Gasteiger partial charge in [-0.05, 0) is 110 Å². The van der Waals surface area contributed by atoms with E-state index in [1.54, 1.807) is 61.3 Å². The third kappa shape index (κ3) is 25.8. The molecule has 21 heteroatoms. The van der Waals surface area contributed by atoms with Crippen molar-refractivity contribution in [2.75, 3.05) is 71.0 Å². The first-order valence-electron chi connectivity index (χ1n) is 22.4. The molecule has 3 aromatic carbocycles. The number of hydrogen-bond donors (Lipinski definition) is 4. The van der Waals surface area contributed by atoms with E-state index in [4.69, 9.17) is 49.0 Å². The second-order valence-corrected chi connectivity index (χ2v) is 18.7. The molecule has 0 aliphatic carbocycles. The fraction of sp³-hybridized carbons (Fsp3) is 0.449. The summed E-state index contributed by atoms with van der Waals surface area (Å²) in [4.78, 5) is 62.9. The van der Waals surface area contributed by atoms with E-state index in [9.17, 15) is 19.2 Å². The number of alkyl halides is 1. The quantitative estimate of drug-likeness (QED) is 0.0418. The Labute approximate surface area is 438 Å². The van der Waals surface area contributed by atoms with E-state index in [0.717, 1.165) is 16.8 Å². The number of carbonyl (C=O) groups excluding carboxylic acids is 4. The van der Waals surface area contributed by atoms with Gasteiger partial charge in [0.1, 0.15) is 18.4 Å². The first kappa shape index (κ1) is 63.0. The van der Waals surface area contributed by atoms with Crippen LogP contribution in [0.3, 0.4) is 0 Å². The lowest BCUT2D eigenvalue weighted by Gasteiger charge is -2.30. The molecule has 4 rings (SSSR count). The minimum absolute atomic E-state index is 0.0386. The van der Waals surface area contributed by atoms with Crippen LogP contribution in [0.2, 0.25) is 0 Å². The average molecular weight is 1070 g/mol. The van der Waals surface area contributed by atoms with Crippen molar-refractivity contribution < 1.29 is 33.4 Å². The lowest BCUT2D eigenvalue weighted by molar-refractivity contribution is -0.117. The largest absolute Gasteiger partial charge is 0.450 e. The highest BCUT2D eigenvalue weighted by Crippen LogP contribution is 2.25. The lowest BCUT2D eigenvalue weighted by atomic mass is 10.1. The number of nitrogens with zero attached hydrogens (tertiary/aromatic N) is 5. The van der Waals surface area contributed by atoms with Crippen molar-refractivity contribution in [3.05, 3.63) is 94.5 Å². The molecule has 0 bridgehead atoms. The number of benzene rings is 3. The number of hydrogen-bond acceptors (Lipinski definition) is 14. The minimum atomic E-state index is -0.612. The number of anilines is 5. The minimum Gasteiger partial charge on any atom is -0.450 e. The van der Waals surface area contributed by atoms with E-state index in [1.165, 1.54) is 35.1 Å². The van der Waals surface area contributed by atoms with Crippen LogP contribution in [0, 0.1) is 19.8 Å². The molecular formula is C49H70Cl3N9O7S2. The Kier molecular flexibility index (Phi) is 31.7. The lowest BCUT2D eigenvalue weighted by Crippen LogP contribution is -2.39. The molecule has 0 fully saturated rings.